The van der Waals surface area contributed by atoms with Gasteiger partial charge in [-0.15, -0.1) is 0 Å². The topological polar surface area (TPSA) is 216 Å². The first-order chi connectivity index (χ1) is 33.1. The summed E-state index contributed by atoms with van der Waals surface area (Å²) < 4.78 is 63.8. The van der Waals surface area contributed by atoms with Crippen LogP contribution in [0.2, 0.25) is 0 Å². The van der Waals surface area contributed by atoms with Crippen LogP contribution in [0.4, 0.5) is 9.18 Å². The van der Waals surface area contributed by atoms with Crippen LogP contribution in [0.1, 0.15) is 68.4 Å². The summed E-state index contributed by atoms with van der Waals surface area (Å²) in [6, 6.07) is 24.8. The molecule has 0 radical (unpaired) electrons. The van der Waals surface area contributed by atoms with Gasteiger partial charge in [-0.3, -0.25) is 23.9 Å². The van der Waals surface area contributed by atoms with E-state index in [1.54, 1.807) is 38.5 Å². The Morgan fingerprint density at radius 1 is 0.706 bits per heavy atom. The predicted octanol–water partition coefficient (Wildman–Crippen LogP) is 4.54. The van der Waals surface area contributed by atoms with Crippen LogP contribution in [-0.2, 0) is 43.6 Å². The number of ether oxygens (including phenoxy) is 8. The van der Waals surface area contributed by atoms with E-state index in [0.29, 0.717) is 100 Å². The Labute approximate surface area is 395 Å². The van der Waals surface area contributed by atoms with E-state index in [1.807, 2.05) is 54.6 Å². The second kappa shape index (κ2) is 28.3. The first-order valence-electron chi connectivity index (χ1n) is 22.9. The number of carbonyl (C=O) groups is 3. The summed E-state index contributed by atoms with van der Waals surface area (Å²) in [4.78, 5) is 64.5. The van der Waals surface area contributed by atoms with Crippen LogP contribution in [0.25, 0.3) is 0 Å². The molecule has 18 nitrogen and oxygen atoms in total. The van der Waals surface area contributed by atoms with Gasteiger partial charge >= 0.3 is 17.7 Å². The van der Waals surface area contributed by atoms with Crippen molar-refractivity contribution in [2.75, 3.05) is 80.1 Å². The first-order valence-corrected chi connectivity index (χ1v) is 22.9. The molecule has 0 bridgehead atoms. The van der Waals surface area contributed by atoms with E-state index < -0.39 is 53.3 Å². The van der Waals surface area contributed by atoms with Gasteiger partial charge in [-0.05, 0) is 60.2 Å². The molecule has 1 aromatic heterocycles. The van der Waals surface area contributed by atoms with Gasteiger partial charge in [0.2, 0.25) is 5.91 Å². The number of H-pyrrole nitrogens is 1. The van der Waals surface area contributed by atoms with Crippen molar-refractivity contribution in [2.24, 2.45) is 0 Å². The lowest BCUT2D eigenvalue weighted by Gasteiger charge is -2.37. The number of alkyl halides is 1. The maximum Gasteiger partial charge on any atom is 0.330 e. The van der Waals surface area contributed by atoms with Crippen molar-refractivity contribution in [1.29, 1.82) is 0 Å². The minimum absolute atomic E-state index is 0.171. The largest absolute Gasteiger partial charge is 0.497 e. The maximum absolute atomic E-state index is 16.6. The summed E-state index contributed by atoms with van der Waals surface area (Å²) in [5.74, 6) is -0.0797. The van der Waals surface area contributed by atoms with Gasteiger partial charge in [0.15, 0.2) is 18.5 Å². The van der Waals surface area contributed by atoms with Crippen LogP contribution in [0, 0.1) is 0 Å². The number of aromatic nitrogens is 2. The summed E-state index contributed by atoms with van der Waals surface area (Å²) in [7, 11) is 3.11. The second-order valence-corrected chi connectivity index (χ2v) is 15.7. The lowest BCUT2D eigenvalue weighted by atomic mass is 9.80. The Morgan fingerprint density at radius 2 is 1.25 bits per heavy atom. The number of rotatable bonds is 30. The number of benzene rings is 3. The molecule has 0 spiro atoms. The average molecular weight is 950 g/mol. The van der Waals surface area contributed by atoms with Crippen molar-refractivity contribution < 1.29 is 56.7 Å². The molecule has 1 aliphatic rings. The molecular weight excluding hydrogens is 886 g/mol. The molecule has 0 aliphatic carbocycles. The number of amides is 3. The highest BCUT2D eigenvalue weighted by atomic mass is 19.1. The summed E-state index contributed by atoms with van der Waals surface area (Å²) in [5.41, 5.74) is -0.899. The molecule has 1 fully saturated rings. The highest BCUT2D eigenvalue weighted by Crippen LogP contribution is 2.43. The number of nitrogens with zero attached hydrogens (tertiary/aromatic N) is 1. The molecule has 1 aliphatic heterocycles. The van der Waals surface area contributed by atoms with Crippen LogP contribution >= 0.6 is 0 Å². The number of nitrogens with one attached hydrogen (secondary N) is 4. The van der Waals surface area contributed by atoms with E-state index >= 15 is 4.39 Å². The van der Waals surface area contributed by atoms with Crippen molar-refractivity contribution >= 4 is 17.9 Å². The minimum Gasteiger partial charge on any atom is -0.497 e. The molecular formula is C49H64FN5O13. The van der Waals surface area contributed by atoms with Gasteiger partial charge in [0, 0.05) is 51.5 Å². The number of unbranched alkanes of at least 4 members (excludes halogenated alkanes) is 1. The number of aromatic amines is 1. The van der Waals surface area contributed by atoms with E-state index in [1.165, 1.54) is 0 Å². The molecule has 370 valence electrons. The van der Waals surface area contributed by atoms with Crippen LogP contribution in [0.5, 0.6) is 11.5 Å². The normalized spacial score (nSPS) is 16.8. The number of halogens is 1. The minimum atomic E-state index is -2.09. The summed E-state index contributed by atoms with van der Waals surface area (Å²) in [6.45, 7) is 5.62. The zero-order valence-electron chi connectivity index (χ0n) is 38.9. The van der Waals surface area contributed by atoms with Crippen molar-refractivity contribution in [2.45, 2.75) is 75.7 Å². The zero-order chi connectivity index (χ0) is 48.6. The fourth-order valence-electron chi connectivity index (χ4n) is 7.38. The van der Waals surface area contributed by atoms with Gasteiger partial charge in [0.1, 0.15) is 23.2 Å². The molecule has 4 N–H and O–H groups in total. The second-order valence-electron chi connectivity index (χ2n) is 15.7. The number of methoxy groups -OCH3 is 2. The molecule has 0 saturated carbocycles. The number of urea groups is 1. The van der Waals surface area contributed by atoms with Crippen molar-refractivity contribution in [3.05, 3.63) is 129 Å². The Balaban J connectivity index is 1.12. The Kier molecular flexibility index (Phi) is 22.0. The van der Waals surface area contributed by atoms with E-state index in [2.05, 4.69) is 27.9 Å². The van der Waals surface area contributed by atoms with Crippen LogP contribution in [0.15, 0.2) is 101 Å². The van der Waals surface area contributed by atoms with Crippen molar-refractivity contribution in [3.8, 4) is 11.5 Å². The number of hydrogen-bond acceptors (Lipinski definition) is 13. The van der Waals surface area contributed by atoms with Gasteiger partial charge < -0.3 is 53.8 Å². The van der Waals surface area contributed by atoms with E-state index in [9.17, 15) is 24.0 Å². The third kappa shape index (κ3) is 15.7. The van der Waals surface area contributed by atoms with Gasteiger partial charge in [-0.2, -0.15) is 0 Å². The maximum atomic E-state index is 16.6. The summed E-state index contributed by atoms with van der Waals surface area (Å²) >= 11 is 0. The Bertz CT molecular complexity index is 2200. The van der Waals surface area contributed by atoms with E-state index in [-0.39, 0.29) is 25.5 Å². The number of esters is 1. The van der Waals surface area contributed by atoms with Gasteiger partial charge in [-0.25, -0.2) is 14.0 Å². The SMILES string of the molecule is CCCCNC(=O)NCCCOCCOCCOCCCNC(=O)CCC(=O)O[C@@H]1C(F)[C@H](n2ccc(=O)[nH]c2=O)O[C@@H]1COC(c1ccccc1)(c1ccc(OC)cc1)c1ccc(OC)cc1. The molecule has 19 heteroatoms. The van der Waals surface area contributed by atoms with Crippen LogP contribution in [-0.4, -0.2) is 126 Å². The highest BCUT2D eigenvalue weighted by Gasteiger charge is 2.50. The Morgan fingerprint density at radius 3 is 1.81 bits per heavy atom. The van der Waals surface area contributed by atoms with Crippen LogP contribution in [0.3, 0.4) is 0 Å². The zero-order valence-corrected chi connectivity index (χ0v) is 38.9. The third-order valence-corrected chi connectivity index (χ3v) is 11.0. The molecule has 3 amide bonds. The van der Waals surface area contributed by atoms with E-state index in [4.69, 9.17) is 37.9 Å². The first kappa shape index (κ1) is 52.8. The quantitative estimate of drug-likeness (QED) is 0.0322. The fraction of sp³-hybridized carbons (Fsp3) is 0.490. The fourth-order valence-corrected chi connectivity index (χ4v) is 7.38. The lowest BCUT2D eigenvalue weighted by Crippen LogP contribution is -2.41. The molecule has 68 heavy (non-hydrogen) atoms. The molecule has 4 aromatic rings. The van der Waals surface area contributed by atoms with E-state index in [0.717, 1.165) is 29.7 Å². The third-order valence-electron chi connectivity index (χ3n) is 11.0. The van der Waals surface area contributed by atoms with Gasteiger partial charge in [0.25, 0.3) is 5.56 Å². The van der Waals surface area contributed by atoms with Gasteiger partial charge in [0.05, 0.1) is 53.7 Å². The highest BCUT2D eigenvalue weighted by molar-refractivity contribution is 5.81. The molecule has 4 atom stereocenters. The molecule has 5 rings (SSSR count). The monoisotopic (exact) mass is 949 g/mol. The van der Waals surface area contributed by atoms with Crippen molar-refractivity contribution in [3.63, 3.8) is 0 Å². The average Bonchev–Trinajstić information content (AvgIpc) is 3.65. The molecule has 2 heterocycles. The lowest BCUT2D eigenvalue weighted by molar-refractivity contribution is -0.158. The molecule has 1 unspecified atom stereocenters. The predicted molar refractivity (Wildman–Crippen MR) is 249 cm³/mol. The smallest absolute Gasteiger partial charge is 0.330 e. The van der Waals surface area contributed by atoms with Crippen molar-refractivity contribution in [1.82, 2.24) is 25.5 Å². The van der Waals surface area contributed by atoms with Gasteiger partial charge in [-0.1, -0.05) is 67.9 Å². The van der Waals surface area contributed by atoms with Crippen LogP contribution < -0.4 is 36.7 Å². The summed E-state index contributed by atoms with van der Waals surface area (Å²) in [5, 5.41) is 8.32. The standard InChI is InChI=1S/C49H64FN5O13/c1-4-5-24-52-47(59)53-26-10-29-64-31-33-65-32-30-63-28-9-25-51-41(56)21-22-43(58)68-45-40(67-46(44(45)50)55-27-23-42(57)54-48(55)60)34-66-49(35-11-7-6-8-12-35,36-13-17-38(61-2)18-14-36)37-15-19-39(62-3)20-16-37/h6-8,11-20,23,27,40,44-46H,4-5,9-10,21-22,24-26,28-34H2,1-3H3,(H,51,56)(H2,52,53,59)(H,54,57,60)/t40-,44?,45+,46-/m1/s1. The number of hydrogen-bond donors (Lipinski definition) is 4. The Hall–Kier alpha value is -6.12. The molecule has 3 aromatic carbocycles. The summed E-state index contributed by atoms with van der Waals surface area (Å²) in [6.07, 6.45) is -2.90. The molecule has 1 saturated heterocycles. The number of carbonyl (C=O) groups excluding carboxylic acids is 3.